The third-order valence-corrected chi connectivity index (χ3v) is 5.41. The first-order valence-electron chi connectivity index (χ1n) is 7.97. The van der Waals surface area contributed by atoms with Crippen molar-refractivity contribution in [3.05, 3.63) is 0 Å². The molecule has 18 heavy (non-hydrogen) atoms. The average Bonchev–Trinajstić information content (AvgIpc) is 2.50. The Morgan fingerprint density at radius 1 is 1.11 bits per heavy atom. The first-order chi connectivity index (χ1) is 8.49. The molecule has 0 bridgehead atoms. The van der Waals surface area contributed by atoms with E-state index in [9.17, 15) is 0 Å². The average molecular weight is 252 g/mol. The summed E-state index contributed by atoms with van der Waals surface area (Å²) >= 11 is 0. The van der Waals surface area contributed by atoms with Crippen molar-refractivity contribution in [3.8, 4) is 0 Å². The number of likely N-dealkylation sites (tertiary alicyclic amines) is 1. The highest BCUT2D eigenvalue weighted by atomic mass is 15.1. The van der Waals surface area contributed by atoms with Crippen LogP contribution in [-0.2, 0) is 0 Å². The molecule has 0 radical (unpaired) electrons. The van der Waals surface area contributed by atoms with Gasteiger partial charge in [-0.25, -0.2) is 0 Å². The lowest BCUT2D eigenvalue weighted by Crippen LogP contribution is -2.50. The summed E-state index contributed by atoms with van der Waals surface area (Å²) in [6.07, 6.45) is 8.20. The summed E-state index contributed by atoms with van der Waals surface area (Å²) in [7, 11) is 0. The molecular weight excluding hydrogens is 220 g/mol. The Balaban J connectivity index is 1.88. The van der Waals surface area contributed by atoms with E-state index in [4.69, 9.17) is 5.73 Å². The van der Waals surface area contributed by atoms with Crippen molar-refractivity contribution >= 4 is 0 Å². The molecular formula is C16H32N2. The molecule has 0 amide bonds. The summed E-state index contributed by atoms with van der Waals surface area (Å²) in [6.45, 7) is 11.0. The highest BCUT2D eigenvalue weighted by molar-refractivity contribution is 4.92. The van der Waals surface area contributed by atoms with Gasteiger partial charge in [0.2, 0.25) is 0 Å². The molecule has 1 saturated heterocycles. The van der Waals surface area contributed by atoms with E-state index < -0.39 is 0 Å². The second kappa shape index (κ2) is 5.92. The van der Waals surface area contributed by atoms with Crippen LogP contribution in [0.5, 0.6) is 0 Å². The third kappa shape index (κ3) is 3.48. The molecule has 2 nitrogen and oxygen atoms in total. The van der Waals surface area contributed by atoms with E-state index in [2.05, 4.69) is 25.7 Å². The van der Waals surface area contributed by atoms with E-state index in [1.54, 1.807) is 0 Å². The van der Waals surface area contributed by atoms with Crippen LogP contribution >= 0.6 is 0 Å². The van der Waals surface area contributed by atoms with Gasteiger partial charge in [-0.2, -0.15) is 0 Å². The molecule has 3 unspecified atom stereocenters. The summed E-state index contributed by atoms with van der Waals surface area (Å²) in [6, 6.07) is 0.395. The fourth-order valence-corrected chi connectivity index (χ4v) is 3.85. The lowest BCUT2D eigenvalue weighted by Gasteiger charge is -2.43. The topological polar surface area (TPSA) is 29.3 Å². The molecule has 2 rings (SSSR count). The van der Waals surface area contributed by atoms with Crippen molar-refractivity contribution in [3.63, 3.8) is 0 Å². The molecule has 0 spiro atoms. The van der Waals surface area contributed by atoms with Gasteiger partial charge in [-0.1, -0.05) is 27.2 Å². The maximum atomic E-state index is 6.51. The molecule has 2 fully saturated rings. The first-order valence-corrected chi connectivity index (χ1v) is 7.97. The summed E-state index contributed by atoms with van der Waals surface area (Å²) in [5.74, 6) is 1.65. The zero-order valence-corrected chi connectivity index (χ0v) is 12.6. The van der Waals surface area contributed by atoms with Crippen molar-refractivity contribution in [1.29, 1.82) is 0 Å². The van der Waals surface area contributed by atoms with E-state index in [0.717, 1.165) is 11.8 Å². The van der Waals surface area contributed by atoms with Crippen LogP contribution in [0, 0.1) is 17.3 Å². The van der Waals surface area contributed by atoms with Gasteiger partial charge in [-0.3, -0.25) is 0 Å². The molecule has 2 aliphatic rings. The highest BCUT2D eigenvalue weighted by Crippen LogP contribution is 2.38. The van der Waals surface area contributed by atoms with E-state index in [1.165, 1.54) is 58.2 Å². The van der Waals surface area contributed by atoms with Crippen LogP contribution in [0.4, 0.5) is 0 Å². The molecule has 106 valence electrons. The second-order valence-electron chi connectivity index (χ2n) is 7.50. The molecule has 2 heteroatoms. The second-order valence-corrected chi connectivity index (χ2v) is 7.50. The van der Waals surface area contributed by atoms with Gasteiger partial charge in [0.05, 0.1) is 0 Å². The molecule has 1 heterocycles. The van der Waals surface area contributed by atoms with Crippen LogP contribution < -0.4 is 5.73 Å². The predicted octanol–water partition coefficient (Wildman–Crippen LogP) is 3.26. The van der Waals surface area contributed by atoms with Crippen LogP contribution in [-0.4, -0.2) is 30.6 Å². The minimum absolute atomic E-state index is 0.349. The molecule has 0 aromatic rings. The molecule has 3 atom stereocenters. The quantitative estimate of drug-likeness (QED) is 0.817. The number of nitrogens with zero attached hydrogens (tertiary/aromatic N) is 1. The molecule has 1 saturated carbocycles. The summed E-state index contributed by atoms with van der Waals surface area (Å²) in [4.78, 5) is 2.69. The minimum atomic E-state index is 0.349. The first kappa shape index (κ1) is 14.3. The van der Waals surface area contributed by atoms with Gasteiger partial charge in [0.1, 0.15) is 0 Å². The fraction of sp³-hybridized carbons (Fsp3) is 1.00. The zero-order valence-electron chi connectivity index (χ0n) is 12.6. The van der Waals surface area contributed by atoms with Crippen LogP contribution in [0.25, 0.3) is 0 Å². The minimum Gasteiger partial charge on any atom is -0.327 e. The van der Waals surface area contributed by atoms with Crippen LogP contribution in [0.1, 0.15) is 59.3 Å². The summed E-state index contributed by atoms with van der Waals surface area (Å²) < 4.78 is 0. The smallest absolute Gasteiger partial charge is 0.0131 e. The predicted molar refractivity (Wildman–Crippen MR) is 78.6 cm³/mol. The van der Waals surface area contributed by atoms with Crippen LogP contribution in [0.3, 0.4) is 0 Å². The van der Waals surface area contributed by atoms with Gasteiger partial charge in [0.25, 0.3) is 0 Å². The number of hydrogen-bond donors (Lipinski definition) is 1. The maximum absolute atomic E-state index is 6.51. The normalized spacial score (nSPS) is 38.3. The lowest BCUT2D eigenvalue weighted by atomic mass is 9.68. The fourth-order valence-electron chi connectivity index (χ4n) is 3.85. The zero-order chi connectivity index (χ0) is 13.2. The number of hydrogen-bond acceptors (Lipinski definition) is 2. The lowest BCUT2D eigenvalue weighted by molar-refractivity contribution is 0.103. The van der Waals surface area contributed by atoms with Crippen LogP contribution in [0.2, 0.25) is 0 Å². The Hall–Kier alpha value is -0.0800. The van der Waals surface area contributed by atoms with Gasteiger partial charge >= 0.3 is 0 Å². The van der Waals surface area contributed by atoms with E-state index in [1.807, 2.05) is 0 Å². The Kier molecular flexibility index (Phi) is 4.71. The molecule has 2 N–H and O–H groups in total. The largest absolute Gasteiger partial charge is 0.327 e. The van der Waals surface area contributed by atoms with Gasteiger partial charge in [0, 0.05) is 12.6 Å². The van der Waals surface area contributed by atoms with E-state index in [0.29, 0.717) is 11.5 Å². The van der Waals surface area contributed by atoms with Crippen molar-refractivity contribution in [2.75, 3.05) is 19.6 Å². The van der Waals surface area contributed by atoms with Crippen molar-refractivity contribution in [2.24, 2.45) is 23.0 Å². The standard InChI is InChI=1S/C16H32N2/c1-13-6-5-10-18(11-8-13)12-14-7-4-9-16(2,3)15(14)17/h13-15H,4-12,17H2,1-3H3. The van der Waals surface area contributed by atoms with Gasteiger partial charge in [-0.05, 0) is 62.4 Å². The molecule has 0 aromatic heterocycles. The Morgan fingerprint density at radius 2 is 1.89 bits per heavy atom. The molecule has 0 aromatic carbocycles. The summed E-state index contributed by atoms with van der Waals surface area (Å²) in [5, 5.41) is 0. The highest BCUT2D eigenvalue weighted by Gasteiger charge is 2.37. The number of nitrogens with two attached hydrogens (primary N) is 1. The SMILES string of the molecule is CC1CCCN(CC2CCCC(C)(C)C2N)CC1. The maximum Gasteiger partial charge on any atom is 0.0131 e. The Labute approximate surface area is 113 Å². The molecule has 1 aliphatic heterocycles. The monoisotopic (exact) mass is 252 g/mol. The van der Waals surface area contributed by atoms with Crippen molar-refractivity contribution in [2.45, 2.75) is 65.3 Å². The van der Waals surface area contributed by atoms with E-state index >= 15 is 0 Å². The Morgan fingerprint density at radius 3 is 2.67 bits per heavy atom. The number of rotatable bonds is 2. The van der Waals surface area contributed by atoms with Gasteiger partial charge in [0.15, 0.2) is 0 Å². The summed E-state index contributed by atoms with van der Waals surface area (Å²) in [5.41, 5.74) is 6.86. The van der Waals surface area contributed by atoms with Crippen molar-refractivity contribution in [1.82, 2.24) is 4.90 Å². The third-order valence-electron chi connectivity index (χ3n) is 5.41. The van der Waals surface area contributed by atoms with Crippen molar-refractivity contribution < 1.29 is 0 Å². The van der Waals surface area contributed by atoms with Crippen LogP contribution in [0.15, 0.2) is 0 Å². The van der Waals surface area contributed by atoms with Gasteiger partial charge < -0.3 is 10.6 Å². The van der Waals surface area contributed by atoms with Gasteiger partial charge in [-0.15, -0.1) is 0 Å². The van der Waals surface area contributed by atoms with E-state index in [-0.39, 0.29) is 0 Å². The Bertz CT molecular complexity index is 262. The molecule has 1 aliphatic carbocycles.